The van der Waals surface area contributed by atoms with Gasteiger partial charge in [-0.15, -0.1) is 0 Å². The van der Waals surface area contributed by atoms with Crippen molar-refractivity contribution in [1.82, 2.24) is 0 Å². The van der Waals surface area contributed by atoms with Crippen LogP contribution in [0, 0.1) is 0 Å². The molecule has 6 heteroatoms. The largest absolute Gasteiger partial charge is 0.460 e. The van der Waals surface area contributed by atoms with Gasteiger partial charge >= 0.3 is 5.97 Å². The van der Waals surface area contributed by atoms with Gasteiger partial charge in [0.15, 0.2) is 0 Å². The summed E-state index contributed by atoms with van der Waals surface area (Å²) in [6.07, 6.45) is 1.50. The second kappa shape index (κ2) is 8.26. The van der Waals surface area contributed by atoms with Crippen LogP contribution in [0.2, 0.25) is 0 Å². The molecule has 0 aromatic carbocycles. The third kappa shape index (κ3) is 11.1. The Morgan fingerprint density at radius 1 is 1.28 bits per heavy atom. The first-order valence-electron chi connectivity index (χ1n) is 6.18. The lowest BCUT2D eigenvalue weighted by Crippen LogP contribution is -2.23. The molecule has 0 aliphatic rings. The summed E-state index contributed by atoms with van der Waals surface area (Å²) in [6.45, 7) is 5.58. The Bertz CT molecular complexity index is 299. The van der Waals surface area contributed by atoms with Crippen molar-refractivity contribution in [1.29, 1.82) is 0 Å². The van der Waals surface area contributed by atoms with E-state index in [1.807, 2.05) is 20.8 Å². The lowest BCUT2D eigenvalue weighted by molar-refractivity contribution is -0.154. The average molecular weight is 296 g/mol. The number of hydrogen-bond acceptors (Lipinski definition) is 4. The summed E-state index contributed by atoms with van der Waals surface area (Å²) in [7, 11) is 1.54. The van der Waals surface area contributed by atoms with E-state index < -0.39 is 11.9 Å². The van der Waals surface area contributed by atoms with E-state index in [0.29, 0.717) is 12.6 Å². The monoisotopic (exact) mass is 296 g/mol. The van der Waals surface area contributed by atoms with Crippen LogP contribution in [0.25, 0.3) is 0 Å². The molecule has 0 saturated heterocycles. The lowest BCUT2D eigenvalue weighted by atomic mass is 10.2. The summed E-state index contributed by atoms with van der Waals surface area (Å²) >= 11 is 5.07. The third-order valence-corrected chi connectivity index (χ3v) is 4.68. The van der Waals surface area contributed by atoms with Crippen LogP contribution >= 0.6 is 6.26 Å². The van der Waals surface area contributed by atoms with Crippen molar-refractivity contribution in [3.8, 4) is 0 Å². The fraction of sp³-hybridized carbons (Fsp3) is 0.917. The van der Waals surface area contributed by atoms with Gasteiger partial charge in [0, 0.05) is 19.7 Å². The van der Waals surface area contributed by atoms with Gasteiger partial charge in [0.1, 0.15) is 5.60 Å². The highest BCUT2D eigenvalue weighted by Crippen LogP contribution is 2.41. The average Bonchev–Trinajstić information content (AvgIpc) is 2.13. The minimum atomic E-state index is -2.30. The number of esters is 1. The SMILES string of the molecule is COCP(O)(=S)CCCCCC(=O)OC(C)(C)C. The number of methoxy groups -OCH3 is 1. The van der Waals surface area contributed by atoms with Crippen LogP contribution in [0.1, 0.15) is 46.5 Å². The molecular formula is C12H25O4PS. The highest BCUT2D eigenvalue weighted by molar-refractivity contribution is 8.11. The van der Waals surface area contributed by atoms with Gasteiger partial charge in [-0.25, -0.2) is 0 Å². The van der Waals surface area contributed by atoms with E-state index >= 15 is 0 Å². The summed E-state index contributed by atoms with van der Waals surface area (Å²) in [5, 5.41) is 0. The summed E-state index contributed by atoms with van der Waals surface area (Å²) in [4.78, 5) is 21.2. The van der Waals surface area contributed by atoms with E-state index in [0.717, 1.165) is 19.3 Å². The Labute approximate surface area is 115 Å². The Hall–Kier alpha value is 0.0400. The van der Waals surface area contributed by atoms with Gasteiger partial charge in [-0.05, 0) is 33.6 Å². The molecule has 1 N–H and O–H groups in total. The molecule has 0 amide bonds. The summed E-state index contributed by atoms with van der Waals surface area (Å²) in [5.41, 5.74) is -0.415. The minimum absolute atomic E-state index is 0.164. The molecular weight excluding hydrogens is 271 g/mol. The maximum Gasteiger partial charge on any atom is 0.306 e. The van der Waals surface area contributed by atoms with Crippen LogP contribution in [0.4, 0.5) is 0 Å². The normalized spacial score (nSPS) is 15.2. The van der Waals surface area contributed by atoms with Crippen molar-refractivity contribution in [2.24, 2.45) is 0 Å². The van der Waals surface area contributed by atoms with E-state index in [9.17, 15) is 9.69 Å². The van der Waals surface area contributed by atoms with Gasteiger partial charge in [-0.2, -0.15) is 0 Å². The lowest BCUT2D eigenvalue weighted by Gasteiger charge is -2.19. The highest BCUT2D eigenvalue weighted by atomic mass is 32.4. The van der Waals surface area contributed by atoms with Gasteiger partial charge in [0.05, 0.1) is 12.6 Å². The third-order valence-electron chi connectivity index (χ3n) is 2.14. The molecule has 108 valence electrons. The molecule has 0 spiro atoms. The van der Waals surface area contributed by atoms with Crippen LogP contribution in [0.15, 0.2) is 0 Å². The quantitative estimate of drug-likeness (QED) is 0.424. The van der Waals surface area contributed by atoms with Crippen LogP contribution < -0.4 is 0 Å². The number of unbranched alkanes of at least 4 members (excludes halogenated alkanes) is 2. The van der Waals surface area contributed by atoms with Crippen LogP contribution in [-0.2, 0) is 26.1 Å². The molecule has 0 saturated carbocycles. The van der Waals surface area contributed by atoms with Crippen molar-refractivity contribution in [3.63, 3.8) is 0 Å². The van der Waals surface area contributed by atoms with E-state index in [4.69, 9.17) is 21.3 Å². The smallest absolute Gasteiger partial charge is 0.306 e. The van der Waals surface area contributed by atoms with Gasteiger partial charge in [0.25, 0.3) is 0 Å². The first kappa shape index (κ1) is 18.0. The van der Waals surface area contributed by atoms with E-state index in [-0.39, 0.29) is 12.3 Å². The summed E-state index contributed by atoms with van der Waals surface area (Å²) in [5.74, 6) is -0.164. The fourth-order valence-corrected chi connectivity index (χ4v) is 3.42. The second-order valence-corrected chi connectivity index (χ2v) is 9.82. The minimum Gasteiger partial charge on any atom is -0.460 e. The molecule has 0 radical (unpaired) electrons. The Kier molecular flexibility index (Phi) is 8.28. The number of carbonyl (C=O) groups is 1. The molecule has 0 aliphatic carbocycles. The molecule has 18 heavy (non-hydrogen) atoms. The Morgan fingerprint density at radius 3 is 2.39 bits per heavy atom. The molecule has 0 aromatic rings. The number of ether oxygens (including phenoxy) is 2. The first-order chi connectivity index (χ1) is 8.16. The molecule has 0 bridgehead atoms. The van der Waals surface area contributed by atoms with Crippen molar-refractivity contribution in [2.45, 2.75) is 52.1 Å². The zero-order valence-corrected chi connectivity index (χ0v) is 13.5. The highest BCUT2D eigenvalue weighted by Gasteiger charge is 2.16. The molecule has 1 atom stereocenters. The van der Waals surface area contributed by atoms with E-state index in [1.165, 1.54) is 0 Å². The number of carbonyl (C=O) groups excluding carboxylic acids is 1. The van der Waals surface area contributed by atoms with E-state index in [1.54, 1.807) is 7.11 Å². The molecule has 0 fully saturated rings. The first-order valence-corrected chi connectivity index (χ1v) is 9.30. The van der Waals surface area contributed by atoms with Crippen molar-refractivity contribution >= 4 is 24.0 Å². The molecule has 0 aromatic heterocycles. The van der Waals surface area contributed by atoms with Crippen molar-refractivity contribution < 1.29 is 19.2 Å². The van der Waals surface area contributed by atoms with Crippen LogP contribution in [0.5, 0.6) is 0 Å². The van der Waals surface area contributed by atoms with Crippen molar-refractivity contribution in [3.05, 3.63) is 0 Å². The Morgan fingerprint density at radius 2 is 1.89 bits per heavy atom. The molecule has 0 aliphatic heterocycles. The molecule has 1 unspecified atom stereocenters. The molecule has 0 heterocycles. The van der Waals surface area contributed by atoms with Crippen LogP contribution in [-0.4, -0.2) is 36.1 Å². The number of rotatable bonds is 8. The van der Waals surface area contributed by atoms with Gasteiger partial charge in [-0.3, -0.25) is 4.79 Å². The van der Waals surface area contributed by atoms with Crippen molar-refractivity contribution in [2.75, 3.05) is 19.6 Å². The standard InChI is InChI=1S/C12H25O4PS/c1-12(2,3)16-11(13)8-6-5-7-9-17(14,18)10-15-4/h5-10H2,1-4H3,(H,14,18). The second-order valence-electron chi connectivity index (χ2n) is 5.38. The van der Waals surface area contributed by atoms with Gasteiger partial charge in [0.2, 0.25) is 0 Å². The Balaban J connectivity index is 3.63. The van der Waals surface area contributed by atoms with Gasteiger partial charge in [-0.1, -0.05) is 18.2 Å². The zero-order valence-electron chi connectivity index (χ0n) is 11.8. The van der Waals surface area contributed by atoms with E-state index in [2.05, 4.69) is 0 Å². The van der Waals surface area contributed by atoms with Gasteiger partial charge < -0.3 is 14.4 Å². The maximum atomic E-state index is 11.4. The van der Waals surface area contributed by atoms with Crippen LogP contribution in [0.3, 0.4) is 0 Å². The summed E-state index contributed by atoms with van der Waals surface area (Å²) in [6, 6.07) is 0. The molecule has 0 rings (SSSR count). The zero-order chi connectivity index (χ0) is 14.2. The summed E-state index contributed by atoms with van der Waals surface area (Å²) < 4.78 is 10.1. The topological polar surface area (TPSA) is 55.8 Å². The fourth-order valence-electron chi connectivity index (χ4n) is 1.46. The molecule has 4 nitrogen and oxygen atoms in total. The maximum absolute atomic E-state index is 11.4. The number of hydrogen-bond donors (Lipinski definition) is 1. The predicted molar refractivity (Wildman–Crippen MR) is 77.6 cm³/mol. The predicted octanol–water partition coefficient (Wildman–Crippen LogP) is 2.88.